The molecule has 1 heterocycles. The predicted octanol–water partition coefficient (Wildman–Crippen LogP) is 1.25. The zero-order valence-corrected chi connectivity index (χ0v) is 6.26. The highest BCUT2D eigenvalue weighted by Crippen LogP contribution is 2.07. The Balaban J connectivity index is 3.23. The van der Waals surface area contributed by atoms with Crippen LogP contribution in [0.2, 0.25) is 0 Å². The van der Waals surface area contributed by atoms with Crippen LogP contribution in [0.4, 0.5) is 4.39 Å². The van der Waals surface area contributed by atoms with E-state index in [1.165, 1.54) is 0 Å². The lowest BCUT2D eigenvalue weighted by atomic mass is 10.4. The fraction of sp³-hybridized carbons (Fsp3) is 0. The molecule has 0 atom stereocenters. The lowest BCUT2D eigenvalue weighted by Crippen LogP contribution is -1.92. The molecule has 1 aromatic heterocycles. The number of hydrogen-bond donors (Lipinski definition) is 0. The van der Waals surface area contributed by atoms with Gasteiger partial charge in [0.1, 0.15) is 10.7 Å². The van der Waals surface area contributed by atoms with E-state index in [1.54, 1.807) is 6.07 Å². The molecule has 0 unspecified atom stereocenters. The van der Waals surface area contributed by atoms with Crippen LogP contribution in [0, 0.1) is 17.1 Å². The molecule has 0 fully saturated rings. The molecule has 1 rings (SSSR count). The second-order valence-electron chi connectivity index (χ2n) is 1.48. The minimum absolute atomic E-state index is 0.281. The summed E-state index contributed by atoms with van der Waals surface area (Å²) in [5, 5.41) is 14.9. The van der Waals surface area contributed by atoms with Gasteiger partial charge in [0.2, 0.25) is 0 Å². The van der Waals surface area contributed by atoms with Crippen molar-refractivity contribution in [2.45, 2.75) is 0 Å². The maximum atomic E-state index is 12.5. The van der Waals surface area contributed by atoms with Gasteiger partial charge in [-0.05, 0) is 15.9 Å². The molecule has 0 amide bonds. The number of nitriles is 1. The van der Waals surface area contributed by atoms with Gasteiger partial charge in [0.25, 0.3) is 0 Å². The zero-order valence-electron chi connectivity index (χ0n) is 4.67. The standard InChI is InChI=1S/C5HBrFN3/c6-5-1-3(7)4(2-8)9-10-5/h1H. The Kier molecular flexibility index (Phi) is 1.92. The van der Waals surface area contributed by atoms with Gasteiger partial charge in [0.15, 0.2) is 11.5 Å². The molecule has 1 aromatic rings. The van der Waals surface area contributed by atoms with Crippen LogP contribution in [0.25, 0.3) is 0 Å². The molecule has 0 aliphatic rings. The van der Waals surface area contributed by atoms with E-state index in [0.717, 1.165) is 6.07 Å². The molecule has 0 saturated carbocycles. The fourth-order valence-corrected chi connectivity index (χ4v) is 0.703. The lowest BCUT2D eigenvalue weighted by molar-refractivity contribution is 0.607. The summed E-state index contributed by atoms with van der Waals surface area (Å²) in [5.74, 6) is -0.663. The summed E-state index contributed by atoms with van der Waals surface area (Å²) >= 11 is 2.90. The molecule has 0 spiro atoms. The molecule has 0 aromatic carbocycles. The third-order valence-corrected chi connectivity index (χ3v) is 1.21. The molecule has 50 valence electrons. The minimum Gasteiger partial charge on any atom is -0.204 e. The zero-order chi connectivity index (χ0) is 7.56. The number of aromatic nitrogens is 2. The first-order valence-corrected chi connectivity index (χ1v) is 3.12. The number of halogens is 2. The highest BCUT2D eigenvalue weighted by molar-refractivity contribution is 9.10. The van der Waals surface area contributed by atoms with Gasteiger partial charge >= 0.3 is 0 Å². The first-order valence-electron chi connectivity index (χ1n) is 2.33. The Hall–Kier alpha value is -1.02. The normalized spacial score (nSPS) is 8.90. The van der Waals surface area contributed by atoms with Crippen LogP contribution in [0.3, 0.4) is 0 Å². The lowest BCUT2D eigenvalue weighted by Gasteiger charge is -1.89. The third kappa shape index (κ3) is 1.28. The van der Waals surface area contributed by atoms with Crippen molar-refractivity contribution in [1.82, 2.24) is 10.2 Å². The minimum atomic E-state index is -0.663. The van der Waals surface area contributed by atoms with E-state index in [-0.39, 0.29) is 10.3 Å². The SMILES string of the molecule is N#Cc1nnc(Br)cc1F. The molecular weight excluding hydrogens is 201 g/mol. The van der Waals surface area contributed by atoms with Gasteiger partial charge in [-0.1, -0.05) is 0 Å². The molecule has 0 radical (unpaired) electrons. The predicted molar refractivity (Wildman–Crippen MR) is 34.4 cm³/mol. The van der Waals surface area contributed by atoms with Crippen LogP contribution < -0.4 is 0 Å². The molecule has 0 aliphatic carbocycles. The van der Waals surface area contributed by atoms with Crippen molar-refractivity contribution < 1.29 is 4.39 Å². The van der Waals surface area contributed by atoms with Crippen molar-refractivity contribution in [3.8, 4) is 6.07 Å². The van der Waals surface area contributed by atoms with Crippen molar-refractivity contribution in [3.63, 3.8) is 0 Å². The second-order valence-corrected chi connectivity index (χ2v) is 2.29. The molecular formula is C5HBrFN3. The van der Waals surface area contributed by atoms with Crippen LogP contribution in [0.15, 0.2) is 10.7 Å². The first-order chi connectivity index (χ1) is 4.74. The van der Waals surface area contributed by atoms with E-state index >= 15 is 0 Å². The van der Waals surface area contributed by atoms with E-state index in [0.29, 0.717) is 0 Å². The van der Waals surface area contributed by atoms with E-state index in [4.69, 9.17) is 5.26 Å². The Morgan fingerprint density at radius 1 is 1.60 bits per heavy atom. The van der Waals surface area contributed by atoms with E-state index < -0.39 is 5.82 Å². The number of nitrogens with zero attached hydrogens (tertiary/aromatic N) is 3. The number of rotatable bonds is 0. The fourth-order valence-electron chi connectivity index (χ4n) is 0.423. The molecule has 3 nitrogen and oxygen atoms in total. The van der Waals surface area contributed by atoms with Crippen molar-refractivity contribution in [2.75, 3.05) is 0 Å². The quantitative estimate of drug-likeness (QED) is 0.635. The third-order valence-electron chi connectivity index (χ3n) is 0.823. The van der Waals surface area contributed by atoms with E-state index in [9.17, 15) is 4.39 Å². The Labute approximate surface area is 64.6 Å². The molecule has 0 aliphatic heterocycles. The van der Waals surface area contributed by atoms with Gasteiger partial charge in [0, 0.05) is 6.07 Å². The van der Waals surface area contributed by atoms with Crippen LogP contribution in [-0.2, 0) is 0 Å². The van der Waals surface area contributed by atoms with Gasteiger partial charge in [-0.25, -0.2) is 4.39 Å². The molecule has 0 saturated heterocycles. The largest absolute Gasteiger partial charge is 0.204 e. The monoisotopic (exact) mass is 201 g/mol. The van der Waals surface area contributed by atoms with Gasteiger partial charge in [-0.15, -0.1) is 10.2 Å². The molecule has 0 N–H and O–H groups in total. The van der Waals surface area contributed by atoms with Crippen molar-refractivity contribution in [1.29, 1.82) is 5.26 Å². The highest BCUT2D eigenvalue weighted by Gasteiger charge is 2.02. The topological polar surface area (TPSA) is 49.6 Å². The van der Waals surface area contributed by atoms with Crippen LogP contribution in [0.1, 0.15) is 5.69 Å². The highest BCUT2D eigenvalue weighted by atomic mass is 79.9. The summed E-state index contributed by atoms with van der Waals surface area (Å²) in [6.45, 7) is 0. The maximum absolute atomic E-state index is 12.5. The van der Waals surface area contributed by atoms with Gasteiger partial charge in [0.05, 0.1) is 0 Å². The average Bonchev–Trinajstić information content (AvgIpc) is 1.88. The summed E-state index contributed by atoms with van der Waals surface area (Å²) in [5.41, 5.74) is -0.289. The van der Waals surface area contributed by atoms with Crippen LogP contribution in [-0.4, -0.2) is 10.2 Å². The summed E-state index contributed by atoms with van der Waals surface area (Å²) in [6.07, 6.45) is 0. The summed E-state index contributed by atoms with van der Waals surface area (Å²) < 4.78 is 12.8. The molecule has 0 bridgehead atoms. The van der Waals surface area contributed by atoms with Crippen LogP contribution in [0.5, 0.6) is 0 Å². The van der Waals surface area contributed by atoms with Gasteiger partial charge in [-0.3, -0.25) is 0 Å². The van der Waals surface area contributed by atoms with Crippen molar-refractivity contribution >= 4 is 15.9 Å². The van der Waals surface area contributed by atoms with E-state index in [1.807, 2.05) is 0 Å². The smallest absolute Gasteiger partial charge is 0.198 e. The van der Waals surface area contributed by atoms with Crippen molar-refractivity contribution in [2.24, 2.45) is 0 Å². The maximum Gasteiger partial charge on any atom is 0.198 e. The average molecular weight is 202 g/mol. The van der Waals surface area contributed by atoms with Gasteiger partial charge in [-0.2, -0.15) is 5.26 Å². The number of hydrogen-bond acceptors (Lipinski definition) is 3. The molecule has 10 heavy (non-hydrogen) atoms. The van der Waals surface area contributed by atoms with Crippen molar-refractivity contribution in [3.05, 3.63) is 22.2 Å². The van der Waals surface area contributed by atoms with Crippen LogP contribution >= 0.6 is 15.9 Å². The first kappa shape index (κ1) is 7.09. The van der Waals surface area contributed by atoms with E-state index in [2.05, 4.69) is 26.1 Å². The van der Waals surface area contributed by atoms with Gasteiger partial charge < -0.3 is 0 Å². The Morgan fingerprint density at radius 2 is 2.30 bits per heavy atom. The summed E-state index contributed by atoms with van der Waals surface area (Å²) in [6, 6.07) is 2.64. The molecule has 5 heteroatoms. The second kappa shape index (κ2) is 2.71. The summed E-state index contributed by atoms with van der Waals surface area (Å²) in [7, 11) is 0. The Bertz CT molecular complexity index is 293. The Morgan fingerprint density at radius 3 is 2.80 bits per heavy atom. The summed E-state index contributed by atoms with van der Waals surface area (Å²) in [4.78, 5) is 0.